The summed E-state index contributed by atoms with van der Waals surface area (Å²) in [6.07, 6.45) is 0.253. The number of oxime groups is 1. The lowest BCUT2D eigenvalue weighted by atomic mass is 10.0. The first-order valence-corrected chi connectivity index (χ1v) is 9.67. The van der Waals surface area contributed by atoms with Crippen molar-refractivity contribution < 1.29 is 14.4 Å². The van der Waals surface area contributed by atoms with Crippen molar-refractivity contribution in [3.05, 3.63) is 89.0 Å². The Hall–Kier alpha value is -3.74. The van der Waals surface area contributed by atoms with Crippen molar-refractivity contribution in [1.29, 1.82) is 0 Å². The van der Waals surface area contributed by atoms with Crippen molar-refractivity contribution in [1.82, 2.24) is 15.3 Å². The molecule has 1 aliphatic heterocycles. The fraction of sp³-hybridized carbons (Fsp3) is 0.217. The highest BCUT2D eigenvalue weighted by molar-refractivity contribution is 6.01. The Morgan fingerprint density at radius 2 is 1.90 bits per heavy atom. The van der Waals surface area contributed by atoms with Crippen LogP contribution < -0.4 is 10.1 Å². The van der Waals surface area contributed by atoms with Gasteiger partial charge in [-0.25, -0.2) is 9.97 Å². The first kappa shape index (κ1) is 19.6. The first-order chi connectivity index (χ1) is 14.6. The van der Waals surface area contributed by atoms with Gasteiger partial charge in [-0.05, 0) is 36.2 Å². The van der Waals surface area contributed by atoms with Crippen LogP contribution in [0.25, 0.3) is 0 Å². The van der Waals surface area contributed by atoms with Gasteiger partial charge in [0, 0.05) is 13.0 Å². The fourth-order valence-corrected chi connectivity index (χ4v) is 3.23. The molecule has 1 amide bonds. The molecule has 0 bridgehead atoms. The van der Waals surface area contributed by atoms with Gasteiger partial charge in [-0.1, -0.05) is 47.6 Å². The number of aryl methyl sites for hydroxylation is 1. The number of methoxy groups -OCH3 is 1. The van der Waals surface area contributed by atoms with Crippen LogP contribution in [-0.4, -0.2) is 28.7 Å². The van der Waals surface area contributed by atoms with E-state index in [1.54, 1.807) is 20.1 Å². The molecule has 1 aliphatic rings. The summed E-state index contributed by atoms with van der Waals surface area (Å²) in [6, 6.07) is 19.1. The number of amides is 1. The van der Waals surface area contributed by atoms with Crippen LogP contribution >= 0.6 is 0 Å². The monoisotopic (exact) mass is 402 g/mol. The third-order valence-corrected chi connectivity index (χ3v) is 4.81. The van der Waals surface area contributed by atoms with Gasteiger partial charge >= 0.3 is 0 Å². The summed E-state index contributed by atoms with van der Waals surface area (Å²) in [5, 5.41) is 7.10. The van der Waals surface area contributed by atoms with E-state index in [-0.39, 0.29) is 12.0 Å². The number of nitrogens with zero attached hydrogens (tertiary/aromatic N) is 3. The van der Waals surface area contributed by atoms with Crippen LogP contribution in [0, 0.1) is 6.92 Å². The smallest absolute Gasteiger partial charge is 0.270 e. The largest absolute Gasteiger partial charge is 0.497 e. The topological polar surface area (TPSA) is 85.7 Å². The van der Waals surface area contributed by atoms with Crippen molar-refractivity contribution in [2.24, 2.45) is 5.16 Å². The van der Waals surface area contributed by atoms with Crippen LogP contribution in [-0.2, 0) is 11.4 Å². The second-order valence-corrected chi connectivity index (χ2v) is 6.96. The normalized spacial score (nSPS) is 15.3. The highest BCUT2D eigenvalue weighted by atomic mass is 16.6. The van der Waals surface area contributed by atoms with E-state index < -0.39 is 0 Å². The average molecular weight is 402 g/mol. The Bertz CT molecular complexity index is 1070. The van der Waals surface area contributed by atoms with Crippen LogP contribution in [0.1, 0.15) is 45.7 Å². The fourth-order valence-electron chi connectivity index (χ4n) is 3.23. The van der Waals surface area contributed by atoms with Gasteiger partial charge in [0.15, 0.2) is 6.10 Å². The van der Waals surface area contributed by atoms with Crippen molar-refractivity contribution in [3.8, 4) is 5.75 Å². The minimum Gasteiger partial charge on any atom is -0.497 e. The summed E-state index contributed by atoms with van der Waals surface area (Å²) in [5.74, 6) is 1.02. The molecule has 30 heavy (non-hydrogen) atoms. The predicted molar refractivity (Wildman–Crippen MR) is 112 cm³/mol. The van der Waals surface area contributed by atoms with Gasteiger partial charge in [0.25, 0.3) is 5.91 Å². The van der Waals surface area contributed by atoms with Gasteiger partial charge in [-0.15, -0.1) is 0 Å². The Kier molecular flexibility index (Phi) is 5.70. The second-order valence-electron chi connectivity index (χ2n) is 6.96. The SMILES string of the molecule is COc1ccc(CNC(=O)c2cc(C3CC(c4ccccc4)=NO3)nc(C)n2)cc1. The molecular weight excluding hydrogens is 380 g/mol. The second kappa shape index (κ2) is 8.73. The summed E-state index contributed by atoms with van der Waals surface area (Å²) >= 11 is 0. The number of nitrogens with one attached hydrogen (secondary N) is 1. The summed E-state index contributed by atoms with van der Waals surface area (Å²) in [4.78, 5) is 27.0. The third kappa shape index (κ3) is 4.46. The standard InChI is InChI=1S/C23H22N4O3/c1-15-25-20(22-13-19(27-30-22)17-6-4-3-5-7-17)12-21(26-15)23(28)24-14-16-8-10-18(29-2)11-9-16/h3-12,22H,13-14H2,1-2H3,(H,24,28). The zero-order chi connectivity index (χ0) is 20.9. The lowest BCUT2D eigenvalue weighted by Crippen LogP contribution is -2.24. The molecule has 0 spiro atoms. The van der Waals surface area contributed by atoms with Gasteiger partial charge in [0.05, 0.1) is 18.5 Å². The summed E-state index contributed by atoms with van der Waals surface area (Å²) < 4.78 is 5.15. The molecule has 1 atom stereocenters. The number of benzene rings is 2. The Labute approximate surface area is 174 Å². The molecule has 152 valence electrons. The van der Waals surface area contributed by atoms with E-state index in [4.69, 9.17) is 9.57 Å². The van der Waals surface area contributed by atoms with E-state index in [9.17, 15) is 4.79 Å². The van der Waals surface area contributed by atoms with E-state index >= 15 is 0 Å². The number of aromatic nitrogens is 2. The summed E-state index contributed by atoms with van der Waals surface area (Å²) in [5.41, 5.74) is 3.80. The van der Waals surface area contributed by atoms with Crippen molar-refractivity contribution in [2.75, 3.05) is 7.11 Å². The van der Waals surface area contributed by atoms with Crippen LogP contribution in [0.2, 0.25) is 0 Å². The Balaban J connectivity index is 1.43. The molecule has 0 aliphatic carbocycles. The van der Waals surface area contributed by atoms with E-state index in [1.165, 1.54) is 0 Å². The first-order valence-electron chi connectivity index (χ1n) is 9.67. The van der Waals surface area contributed by atoms with E-state index in [2.05, 4.69) is 20.4 Å². The van der Waals surface area contributed by atoms with Crippen LogP contribution in [0.5, 0.6) is 5.75 Å². The molecule has 3 aromatic rings. The van der Waals surface area contributed by atoms with Crippen LogP contribution in [0.3, 0.4) is 0 Å². The van der Waals surface area contributed by atoms with Gasteiger partial charge in [-0.2, -0.15) is 0 Å². The number of carbonyl (C=O) groups is 1. The highest BCUT2D eigenvalue weighted by Gasteiger charge is 2.26. The maximum absolute atomic E-state index is 12.7. The molecule has 1 unspecified atom stereocenters. The molecular formula is C23H22N4O3. The molecule has 7 nitrogen and oxygen atoms in total. The molecule has 2 aromatic carbocycles. The van der Waals surface area contributed by atoms with E-state index in [1.807, 2.05) is 54.6 Å². The zero-order valence-corrected chi connectivity index (χ0v) is 16.8. The highest BCUT2D eigenvalue weighted by Crippen LogP contribution is 2.28. The number of hydrogen-bond acceptors (Lipinski definition) is 6. The Morgan fingerprint density at radius 3 is 2.63 bits per heavy atom. The quantitative estimate of drug-likeness (QED) is 0.681. The minimum atomic E-state index is -0.338. The van der Waals surface area contributed by atoms with Crippen LogP contribution in [0.4, 0.5) is 0 Å². The molecule has 0 saturated carbocycles. The average Bonchev–Trinajstić information content (AvgIpc) is 3.28. The lowest BCUT2D eigenvalue weighted by Gasteiger charge is -2.11. The molecule has 1 aromatic heterocycles. The molecule has 0 saturated heterocycles. The van der Waals surface area contributed by atoms with E-state index in [0.717, 1.165) is 22.6 Å². The van der Waals surface area contributed by atoms with Crippen molar-refractivity contribution in [2.45, 2.75) is 26.0 Å². The van der Waals surface area contributed by atoms with Crippen LogP contribution in [0.15, 0.2) is 65.8 Å². The van der Waals surface area contributed by atoms with Crippen molar-refractivity contribution >= 4 is 11.6 Å². The number of hydrogen-bond donors (Lipinski definition) is 1. The van der Waals surface area contributed by atoms with Gasteiger partial charge < -0.3 is 14.9 Å². The summed E-state index contributed by atoms with van der Waals surface area (Å²) in [6.45, 7) is 2.15. The van der Waals surface area contributed by atoms with Gasteiger partial charge in [0.2, 0.25) is 0 Å². The molecule has 4 rings (SSSR count). The molecule has 2 heterocycles. The Morgan fingerprint density at radius 1 is 1.13 bits per heavy atom. The lowest BCUT2D eigenvalue weighted by molar-refractivity contribution is 0.0819. The molecule has 0 radical (unpaired) electrons. The summed E-state index contributed by atoms with van der Waals surface area (Å²) in [7, 11) is 1.62. The zero-order valence-electron chi connectivity index (χ0n) is 16.8. The number of carbonyl (C=O) groups excluding carboxylic acids is 1. The van der Waals surface area contributed by atoms with Crippen molar-refractivity contribution in [3.63, 3.8) is 0 Å². The third-order valence-electron chi connectivity index (χ3n) is 4.81. The maximum atomic E-state index is 12.7. The maximum Gasteiger partial charge on any atom is 0.270 e. The van der Waals surface area contributed by atoms with Gasteiger partial charge in [-0.3, -0.25) is 4.79 Å². The van der Waals surface area contributed by atoms with E-state index in [0.29, 0.717) is 30.2 Å². The molecule has 0 fully saturated rings. The molecule has 1 N–H and O–H groups in total. The number of rotatable bonds is 6. The predicted octanol–water partition coefficient (Wildman–Crippen LogP) is 3.59. The molecule has 7 heteroatoms. The van der Waals surface area contributed by atoms with Gasteiger partial charge in [0.1, 0.15) is 17.3 Å². The minimum absolute atomic E-state index is 0.264. The number of ether oxygens (including phenoxy) is 1.